The second kappa shape index (κ2) is 7.44. The number of anilines is 1. The van der Waals surface area contributed by atoms with E-state index in [0.29, 0.717) is 48.3 Å². The Morgan fingerprint density at radius 1 is 1.03 bits per heavy atom. The van der Waals surface area contributed by atoms with E-state index in [4.69, 9.17) is 0 Å². The van der Waals surface area contributed by atoms with Crippen LogP contribution in [0.4, 0.5) is 19.0 Å². The number of rotatable bonds is 2. The van der Waals surface area contributed by atoms with Gasteiger partial charge < -0.3 is 4.90 Å². The molecule has 4 heterocycles. The van der Waals surface area contributed by atoms with Crippen LogP contribution in [0.15, 0.2) is 41.3 Å². The largest absolute Gasteiger partial charge is 0.350 e. The fourth-order valence-electron chi connectivity index (χ4n) is 4.07. The standard InChI is InChI=1S/C23H18F3N5O/c1-12-5-20-28-13(2)6-21(32)31(20)29-23(12)30-4-3-19-15(11-30)7-14(10-27-19)17-8-16(24)9-18(25)22(17)26/h5-10H,3-4,11H2,1-2H3. The summed E-state index contributed by atoms with van der Waals surface area (Å²) in [6, 6.07) is 6.40. The number of aryl methyl sites for hydroxylation is 2. The van der Waals surface area contributed by atoms with Crippen molar-refractivity contribution in [1.82, 2.24) is 19.6 Å². The molecule has 5 rings (SSSR count). The molecule has 0 saturated carbocycles. The lowest BCUT2D eigenvalue weighted by atomic mass is 9.99. The van der Waals surface area contributed by atoms with Crippen molar-refractivity contribution in [2.75, 3.05) is 11.4 Å². The minimum atomic E-state index is -1.25. The summed E-state index contributed by atoms with van der Waals surface area (Å²) < 4.78 is 42.9. The highest BCUT2D eigenvalue weighted by atomic mass is 19.2. The van der Waals surface area contributed by atoms with E-state index in [1.54, 1.807) is 13.0 Å². The molecule has 0 bridgehead atoms. The van der Waals surface area contributed by atoms with Gasteiger partial charge in [0.15, 0.2) is 23.1 Å². The van der Waals surface area contributed by atoms with Crippen molar-refractivity contribution in [3.05, 3.63) is 86.8 Å². The Hall–Kier alpha value is -3.75. The molecule has 0 unspecified atom stereocenters. The van der Waals surface area contributed by atoms with E-state index >= 15 is 0 Å². The van der Waals surface area contributed by atoms with Crippen molar-refractivity contribution < 1.29 is 13.2 Å². The van der Waals surface area contributed by atoms with Crippen LogP contribution in [-0.2, 0) is 13.0 Å². The lowest BCUT2D eigenvalue weighted by molar-refractivity contribution is 0.497. The third-order valence-electron chi connectivity index (χ3n) is 5.59. The van der Waals surface area contributed by atoms with Gasteiger partial charge in [-0.05, 0) is 43.2 Å². The maximum Gasteiger partial charge on any atom is 0.274 e. The lowest BCUT2D eigenvalue weighted by Gasteiger charge is -2.30. The van der Waals surface area contributed by atoms with Crippen molar-refractivity contribution >= 4 is 11.5 Å². The van der Waals surface area contributed by atoms with E-state index in [1.807, 2.05) is 17.9 Å². The Bertz CT molecular complexity index is 1450. The van der Waals surface area contributed by atoms with Crippen LogP contribution >= 0.6 is 0 Å². The van der Waals surface area contributed by atoms with Gasteiger partial charge in [-0.1, -0.05) is 0 Å². The number of hydrogen-bond acceptors (Lipinski definition) is 5. The van der Waals surface area contributed by atoms with E-state index in [2.05, 4.69) is 15.1 Å². The molecule has 1 aliphatic rings. The quantitative estimate of drug-likeness (QED) is 0.447. The molecule has 6 nitrogen and oxygen atoms in total. The molecule has 0 fully saturated rings. The molecular formula is C23H18F3N5O. The summed E-state index contributed by atoms with van der Waals surface area (Å²) in [7, 11) is 0. The molecule has 3 aromatic heterocycles. The summed E-state index contributed by atoms with van der Waals surface area (Å²) in [6.07, 6.45) is 2.04. The second-order valence-electron chi connectivity index (χ2n) is 7.91. The minimum absolute atomic E-state index is 0.178. The summed E-state index contributed by atoms with van der Waals surface area (Å²) >= 11 is 0. The normalized spacial score (nSPS) is 13.5. The smallest absolute Gasteiger partial charge is 0.274 e. The second-order valence-corrected chi connectivity index (χ2v) is 7.91. The van der Waals surface area contributed by atoms with Crippen LogP contribution in [0.2, 0.25) is 0 Å². The first kappa shape index (κ1) is 20.2. The fourth-order valence-corrected chi connectivity index (χ4v) is 4.07. The van der Waals surface area contributed by atoms with E-state index < -0.39 is 17.5 Å². The van der Waals surface area contributed by atoms with Gasteiger partial charge in [-0.2, -0.15) is 4.52 Å². The highest BCUT2D eigenvalue weighted by Crippen LogP contribution is 2.30. The average molecular weight is 437 g/mol. The Morgan fingerprint density at radius 2 is 1.84 bits per heavy atom. The zero-order valence-corrected chi connectivity index (χ0v) is 17.4. The highest BCUT2D eigenvalue weighted by Gasteiger charge is 2.23. The van der Waals surface area contributed by atoms with Gasteiger partial charge in [0, 0.05) is 60.4 Å². The number of pyridine rings is 1. The molecule has 0 N–H and O–H groups in total. The zero-order valence-electron chi connectivity index (χ0n) is 17.4. The first-order valence-corrected chi connectivity index (χ1v) is 10.1. The topological polar surface area (TPSA) is 63.4 Å². The number of benzene rings is 1. The summed E-state index contributed by atoms with van der Waals surface area (Å²) in [5.41, 5.74) is 3.43. The number of hydrogen-bond donors (Lipinski definition) is 0. The Morgan fingerprint density at radius 3 is 2.66 bits per heavy atom. The van der Waals surface area contributed by atoms with E-state index in [-0.39, 0.29) is 11.1 Å². The molecule has 0 saturated heterocycles. The Kier molecular flexibility index (Phi) is 4.69. The van der Waals surface area contributed by atoms with Crippen LogP contribution in [0.5, 0.6) is 0 Å². The van der Waals surface area contributed by atoms with Crippen molar-refractivity contribution in [1.29, 1.82) is 0 Å². The molecule has 162 valence electrons. The van der Waals surface area contributed by atoms with Crippen LogP contribution in [0.3, 0.4) is 0 Å². The van der Waals surface area contributed by atoms with Crippen LogP contribution < -0.4 is 10.5 Å². The summed E-state index contributed by atoms with van der Waals surface area (Å²) in [5.74, 6) is -2.59. The van der Waals surface area contributed by atoms with Gasteiger partial charge in [-0.3, -0.25) is 9.78 Å². The van der Waals surface area contributed by atoms with Gasteiger partial charge in [0.1, 0.15) is 5.82 Å². The monoisotopic (exact) mass is 437 g/mol. The zero-order chi connectivity index (χ0) is 22.6. The SMILES string of the molecule is Cc1cc(=O)n2nc(N3CCc4ncc(-c5cc(F)cc(F)c5F)cc4C3)c(C)cc2n1. The molecule has 32 heavy (non-hydrogen) atoms. The van der Waals surface area contributed by atoms with E-state index in [1.165, 1.54) is 16.8 Å². The first-order valence-electron chi connectivity index (χ1n) is 10.1. The maximum absolute atomic E-state index is 14.3. The summed E-state index contributed by atoms with van der Waals surface area (Å²) in [4.78, 5) is 23.1. The van der Waals surface area contributed by atoms with Gasteiger partial charge in [0.2, 0.25) is 0 Å². The van der Waals surface area contributed by atoms with Crippen LogP contribution in [0, 0.1) is 31.3 Å². The number of halogens is 3. The molecule has 1 aliphatic heterocycles. The van der Waals surface area contributed by atoms with Crippen molar-refractivity contribution in [2.24, 2.45) is 0 Å². The Labute approximate surface area is 181 Å². The summed E-state index contributed by atoms with van der Waals surface area (Å²) in [5, 5.41) is 4.52. The highest BCUT2D eigenvalue weighted by molar-refractivity contribution is 5.65. The molecule has 9 heteroatoms. The lowest BCUT2D eigenvalue weighted by Crippen LogP contribution is -2.33. The number of nitrogens with zero attached hydrogens (tertiary/aromatic N) is 5. The Balaban J connectivity index is 1.55. The molecule has 4 aromatic rings. The van der Waals surface area contributed by atoms with Gasteiger partial charge >= 0.3 is 0 Å². The van der Waals surface area contributed by atoms with Gasteiger partial charge in [0.05, 0.1) is 0 Å². The first-order chi connectivity index (χ1) is 15.3. The van der Waals surface area contributed by atoms with Gasteiger partial charge in [-0.25, -0.2) is 18.2 Å². The predicted molar refractivity (Wildman–Crippen MR) is 113 cm³/mol. The van der Waals surface area contributed by atoms with Gasteiger partial charge in [0.25, 0.3) is 5.56 Å². The number of aromatic nitrogens is 4. The third kappa shape index (κ3) is 3.39. The molecule has 0 radical (unpaired) electrons. The third-order valence-corrected chi connectivity index (χ3v) is 5.59. The van der Waals surface area contributed by atoms with Crippen molar-refractivity contribution in [3.8, 4) is 11.1 Å². The molecular weight excluding hydrogens is 419 g/mol. The minimum Gasteiger partial charge on any atom is -0.350 e. The molecule has 1 aromatic carbocycles. The van der Waals surface area contributed by atoms with Crippen molar-refractivity contribution in [3.63, 3.8) is 0 Å². The predicted octanol–water partition coefficient (Wildman–Crippen LogP) is 3.75. The molecule has 0 aliphatic carbocycles. The van der Waals surface area contributed by atoms with E-state index in [9.17, 15) is 18.0 Å². The van der Waals surface area contributed by atoms with Crippen molar-refractivity contribution in [2.45, 2.75) is 26.8 Å². The van der Waals surface area contributed by atoms with E-state index in [0.717, 1.165) is 22.9 Å². The molecule has 0 spiro atoms. The molecule has 0 amide bonds. The van der Waals surface area contributed by atoms with Gasteiger partial charge in [-0.15, -0.1) is 5.10 Å². The fraction of sp³-hybridized carbons (Fsp3) is 0.217. The van der Waals surface area contributed by atoms with Crippen LogP contribution in [0.1, 0.15) is 22.5 Å². The molecule has 0 atom stereocenters. The van der Waals surface area contributed by atoms with Crippen LogP contribution in [-0.4, -0.2) is 26.1 Å². The van der Waals surface area contributed by atoms with Crippen LogP contribution in [0.25, 0.3) is 16.8 Å². The maximum atomic E-state index is 14.3. The number of fused-ring (bicyclic) bond motifs is 2. The summed E-state index contributed by atoms with van der Waals surface area (Å²) in [6.45, 7) is 4.68. The average Bonchev–Trinajstić information content (AvgIpc) is 2.75.